The highest BCUT2D eigenvalue weighted by molar-refractivity contribution is 6.07. The number of benzene rings is 1. The molecule has 5 rings (SSSR count). The number of para-hydroxylation sites is 1. The van der Waals surface area contributed by atoms with Crippen molar-refractivity contribution in [2.75, 3.05) is 13.2 Å². The van der Waals surface area contributed by atoms with Crippen LogP contribution in [0.4, 0.5) is 0 Å². The molecule has 1 amide bonds. The van der Waals surface area contributed by atoms with E-state index in [2.05, 4.69) is 12.0 Å². The normalized spacial score (nSPS) is 16.1. The van der Waals surface area contributed by atoms with Gasteiger partial charge in [-0.1, -0.05) is 25.1 Å². The molecule has 0 bridgehead atoms. The number of aryl methyl sites for hydroxylation is 1. The Balaban J connectivity index is 1.48. The minimum absolute atomic E-state index is 0.00292. The third-order valence-corrected chi connectivity index (χ3v) is 6.23. The second kappa shape index (κ2) is 9.23. The van der Waals surface area contributed by atoms with Crippen molar-refractivity contribution in [3.63, 3.8) is 0 Å². The first-order valence-electron chi connectivity index (χ1n) is 11.5. The number of ether oxygens (including phenoxy) is 1. The summed E-state index contributed by atoms with van der Waals surface area (Å²) in [7, 11) is 0. The molecular weight excluding hydrogens is 420 g/mol. The zero-order valence-corrected chi connectivity index (χ0v) is 18.8. The summed E-state index contributed by atoms with van der Waals surface area (Å²) < 4.78 is 14.5. The maximum atomic E-state index is 13.5. The molecular formula is C25H28N4O4. The molecule has 1 saturated heterocycles. The molecule has 0 unspecified atom stereocenters. The lowest BCUT2D eigenvalue weighted by Crippen LogP contribution is -2.41. The quantitative estimate of drug-likeness (QED) is 0.412. The van der Waals surface area contributed by atoms with Gasteiger partial charge in [0.25, 0.3) is 5.56 Å². The van der Waals surface area contributed by atoms with Gasteiger partial charge < -0.3 is 18.6 Å². The van der Waals surface area contributed by atoms with Gasteiger partial charge in [0, 0.05) is 36.0 Å². The van der Waals surface area contributed by atoms with E-state index in [1.165, 1.54) is 4.68 Å². The summed E-state index contributed by atoms with van der Waals surface area (Å²) in [5, 5.41) is 6.19. The average Bonchev–Trinajstić information content (AvgIpc) is 3.58. The number of aromatic nitrogens is 3. The van der Waals surface area contributed by atoms with Gasteiger partial charge in [-0.25, -0.2) is 4.68 Å². The molecule has 1 aliphatic rings. The number of fused-ring (bicyclic) bond motifs is 3. The van der Waals surface area contributed by atoms with Crippen LogP contribution < -0.4 is 5.56 Å². The Labute approximate surface area is 191 Å². The van der Waals surface area contributed by atoms with Crippen LogP contribution in [0.5, 0.6) is 0 Å². The fourth-order valence-electron chi connectivity index (χ4n) is 4.67. The summed E-state index contributed by atoms with van der Waals surface area (Å²) >= 11 is 0. The van der Waals surface area contributed by atoms with Gasteiger partial charge in [-0.3, -0.25) is 9.59 Å². The van der Waals surface area contributed by atoms with E-state index in [-0.39, 0.29) is 24.1 Å². The summed E-state index contributed by atoms with van der Waals surface area (Å²) in [5.74, 6) is 0.508. The number of carbonyl (C=O) groups is 1. The van der Waals surface area contributed by atoms with Gasteiger partial charge in [0.05, 0.1) is 25.1 Å². The molecule has 8 nitrogen and oxygen atoms in total. The molecule has 1 aliphatic heterocycles. The highest BCUT2D eigenvalue weighted by Gasteiger charge is 2.25. The van der Waals surface area contributed by atoms with E-state index in [1.54, 1.807) is 23.4 Å². The number of rotatable bonds is 8. The fourth-order valence-corrected chi connectivity index (χ4v) is 4.67. The summed E-state index contributed by atoms with van der Waals surface area (Å²) in [5.41, 5.74) is 1.35. The summed E-state index contributed by atoms with van der Waals surface area (Å²) in [6, 6.07) is 11.6. The lowest BCUT2D eigenvalue weighted by molar-refractivity contribution is -0.134. The smallest absolute Gasteiger partial charge is 0.291 e. The van der Waals surface area contributed by atoms with E-state index < -0.39 is 0 Å². The first kappa shape index (κ1) is 21.5. The maximum absolute atomic E-state index is 13.5. The second-order valence-electron chi connectivity index (χ2n) is 8.53. The minimum Gasteiger partial charge on any atom is -0.467 e. The molecule has 3 aromatic heterocycles. The highest BCUT2D eigenvalue weighted by Crippen LogP contribution is 2.26. The van der Waals surface area contributed by atoms with E-state index in [1.807, 2.05) is 34.9 Å². The molecule has 8 heteroatoms. The van der Waals surface area contributed by atoms with E-state index in [0.717, 1.165) is 42.1 Å². The molecule has 1 fully saturated rings. The number of hydrogen-bond acceptors (Lipinski definition) is 5. The third kappa shape index (κ3) is 4.18. The summed E-state index contributed by atoms with van der Waals surface area (Å²) in [6.45, 7) is 4.19. The predicted octanol–water partition coefficient (Wildman–Crippen LogP) is 3.56. The van der Waals surface area contributed by atoms with Crippen LogP contribution in [0.1, 0.15) is 31.9 Å². The maximum Gasteiger partial charge on any atom is 0.291 e. The molecule has 0 saturated carbocycles. The van der Waals surface area contributed by atoms with Crippen molar-refractivity contribution in [2.24, 2.45) is 0 Å². The van der Waals surface area contributed by atoms with Gasteiger partial charge in [0.1, 0.15) is 17.8 Å². The Kier molecular flexibility index (Phi) is 6.00. The van der Waals surface area contributed by atoms with Crippen molar-refractivity contribution in [1.82, 2.24) is 19.2 Å². The molecule has 1 atom stereocenters. The summed E-state index contributed by atoms with van der Waals surface area (Å²) in [6.07, 6.45) is 6.11. The van der Waals surface area contributed by atoms with Gasteiger partial charge in [-0.2, -0.15) is 5.10 Å². The molecule has 0 aliphatic carbocycles. The van der Waals surface area contributed by atoms with Crippen molar-refractivity contribution in [1.29, 1.82) is 0 Å². The second-order valence-corrected chi connectivity index (χ2v) is 8.53. The molecule has 0 N–H and O–H groups in total. The van der Waals surface area contributed by atoms with Crippen LogP contribution in [0, 0.1) is 0 Å². The lowest BCUT2D eigenvalue weighted by atomic mass is 10.2. The number of furan rings is 1. The topological polar surface area (TPSA) is 82.5 Å². The van der Waals surface area contributed by atoms with Crippen LogP contribution in [0.2, 0.25) is 0 Å². The van der Waals surface area contributed by atoms with E-state index in [9.17, 15) is 9.59 Å². The van der Waals surface area contributed by atoms with Gasteiger partial charge in [-0.05, 0) is 37.5 Å². The number of amides is 1. The Hall–Kier alpha value is -3.39. The number of nitrogens with zero attached hydrogens (tertiary/aromatic N) is 4. The molecule has 172 valence electrons. The van der Waals surface area contributed by atoms with E-state index in [0.29, 0.717) is 31.0 Å². The van der Waals surface area contributed by atoms with Crippen molar-refractivity contribution in [3.8, 4) is 0 Å². The van der Waals surface area contributed by atoms with Crippen LogP contribution in [0.15, 0.2) is 58.1 Å². The first-order chi connectivity index (χ1) is 16.2. The van der Waals surface area contributed by atoms with Crippen LogP contribution in [-0.2, 0) is 29.2 Å². The van der Waals surface area contributed by atoms with E-state index >= 15 is 0 Å². The zero-order chi connectivity index (χ0) is 22.8. The first-order valence-corrected chi connectivity index (χ1v) is 11.5. The minimum atomic E-state index is -0.249. The monoisotopic (exact) mass is 448 g/mol. The average molecular weight is 449 g/mol. The largest absolute Gasteiger partial charge is 0.467 e. The number of carbonyl (C=O) groups excluding carboxylic acids is 1. The Morgan fingerprint density at radius 1 is 1.21 bits per heavy atom. The van der Waals surface area contributed by atoms with Crippen LogP contribution >= 0.6 is 0 Å². The van der Waals surface area contributed by atoms with E-state index in [4.69, 9.17) is 9.15 Å². The molecule has 4 aromatic rings. The van der Waals surface area contributed by atoms with Gasteiger partial charge >= 0.3 is 0 Å². The Morgan fingerprint density at radius 2 is 2.09 bits per heavy atom. The third-order valence-electron chi connectivity index (χ3n) is 6.23. The molecule has 0 radical (unpaired) electrons. The molecule has 1 aromatic carbocycles. The van der Waals surface area contributed by atoms with Crippen molar-refractivity contribution >= 4 is 27.7 Å². The Morgan fingerprint density at radius 3 is 2.85 bits per heavy atom. The lowest BCUT2D eigenvalue weighted by Gasteiger charge is -2.24. The van der Waals surface area contributed by atoms with Crippen LogP contribution in [0.25, 0.3) is 21.8 Å². The van der Waals surface area contributed by atoms with Gasteiger partial charge in [0.2, 0.25) is 5.91 Å². The van der Waals surface area contributed by atoms with Crippen LogP contribution in [0.3, 0.4) is 0 Å². The zero-order valence-electron chi connectivity index (χ0n) is 18.8. The highest BCUT2D eigenvalue weighted by atomic mass is 16.5. The van der Waals surface area contributed by atoms with Gasteiger partial charge in [-0.15, -0.1) is 0 Å². The van der Waals surface area contributed by atoms with Gasteiger partial charge in [0.15, 0.2) is 0 Å². The standard InChI is InChI=1S/C25H28N4O4/c1-2-11-28-22-10-4-3-9-20(22)21-14-26-29(25(31)24(21)28)17-23(30)27(15-18-7-5-12-32-18)16-19-8-6-13-33-19/h3-5,7,9-10,12,14,19H,2,6,8,11,13,15-17H2,1H3/t19-/m0/s1. The predicted molar refractivity (Wildman–Crippen MR) is 125 cm³/mol. The SMILES string of the molecule is CCCn1c2ccccc2c2cnn(CC(=O)N(Cc3ccco3)C[C@@H]3CCCO3)c(=O)c21. The number of hydrogen-bond donors (Lipinski definition) is 0. The van der Waals surface area contributed by atoms with Crippen molar-refractivity contribution < 1.29 is 13.9 Å². The molecule has 4 heterocycles. The molecule has 0 spiro atoms. The molecule has 33 heavy (non-hydrogen) atoms. The fraction of sp³-hybridized carbons (Fsp3) is 0.400. The van der Waals surface area contributed by atoms with Crippen LogP contribution in [-0.4, -0.2) is 44.4 Å². The Bertz CT molecular complexity index is 1320. The van der Waals surface area contributed by atoms with Crippen molar-refractivity contribution in [3.05, 3.63) is 65.0 Å². The summed E-state index contributed by atoms with van der Waals surface area (Å²) in [4.78, 5) is 28.5. The van der Waals surface area contributed by atoms with Crippen molar-refractivity contribution in [2.45, 2.75) is 51.9 Å².